The van der Waals surface area contributed by atoms with E-state index >= 15 is 0 Å². The summed E-state index contributed by atoms with van der Waals surface area (Å²) in [5, 5.41) is 7.17. The topological polar surface area (TPSA) is 63.1 Å². The number of aromatic nitrogens is 3. The molecule has 0 aliphatic carbocycles. The largest absolute Gasteiger partial charge is 0.417 e. The zero-order chi connectivity index (χ0) is 22.7. The molecule has 3 heterocycles. The van der Waals surface area contributed by atoms with Gasteiger partial charge in [0.15, 0.2) is 5.82 Å². The normalized spacial score (nSPS) is 15.6. The summed E-state index contributed by atoms with van der Waals surface area (Å²) in [6, 6.07) is 12.1. The van der Waals surface area contributed by atoms with Crippen LogP contribution in [0.25, 0.3) is 5.82 Å². The van der Waals surface area contributed by atoms with E-state index < -0.39 is 17.3 Å². The Morgan fingerprint density at radius 3 is 2.41 bits per heavy atom. The van der Waals surface area contributed by atoms with Gasteiger partial charge in [0.1, 0.15) is 5.02 Å². The number of anilines is 1. The van der Waals surface area contributed by atoms with E-state index in [1.54, 1.807) is 0 Å². The zero-order valence-corrected chi connectivity index (χ0v) is 17.8. The molecular formula is C22H21ClF3N5O. The fourth-order valence-corrected chi connectivity index (χ4v) is 3.99. The van der Waals surface area contributed by atoms with Crippen LogP contribution < -0.4 is 10.9 Å². The molecule has 4 rings (SSSR count). The number of benzene rings is 1. The van der Waals surface area contributed by atoms with Crippen LogP contribution in [-0.4, -0.2) is 39.3 Å². The Hall–Kier alpha value is -2.91. The highest BCUT2D eigenvalue weighted by molar-refractivity contribution is 6.32. The van der Waals surface area contributed by atoms with Gasteiger partial charge in [0.25, 0.3) is 5.56 Å². The summed E-state index contributed by atoms with van der Waals surface area (Å²) >= 11 is 6.28. The zero-order valence-electron chi connectivity index (χ0n) is 17.0. The molecule has 3 aromatic rings. The molecule has 10 heteroatoms. The molecule has 1 aliphatic rings. The van der Waals surface area contributed by atoms with Gasteiger partial charge in [0.05, 0.1) is 23.5 Å². The minimum absolute atomic E-state index is 0.0457. The summed E-state index contributed by atoms with van der Waals surface area (Å²) in [5.41, 5.74) is -0.0536. The van der Waals surface area contributed by atoms with Crippen molar-refractivity contribution in [1.82, 2.24) is 19.7 Å². The third-order valence-corrected chi connectivity index (χ3v) is 5.83. The third kappa shape index (κ3) is 4.78. The summed E-state index contributed by atoms with van der Waals surface area (Å²) in [4.78, 5) is 18.8. The molecule has 32 heavy (non-hydrogen) atoms. The van der Waals surface area contributed by atoms with Crippen molar-refractivity contribution in [2.75, 3.05) is 25.0 Å². The van der Waals surface area contributed by atoms with E-state index in [0.717, 1.165) is 48.3 Å². The molecule has 6 nitrogen and oxygen atoms in total. The van der Waals surface area contributed by atoms with Crippen LogP contribution in [0.1, 0.15) is 30.0 Å². The van der Waals surface area contributed by atoms with E-state index in [2.05, 4.69) is 32.4 Å². The van der Waals surface area contributed by atoms with Gasteiger partial charge >= 0.3 is 6.18 Å². The van der Waals surface area contributed by atoms with E-state index in [1.807, 2.05) is 18.2 Å². The Balaban J connectivity index is 1.55. The number of nitrogens with zero attached hydrogens (tertiary/aromatic N) is 4. The Morgan fingerprint density at radius 1 is 1.06 bits per heavy atom. The summed E-state index contributed by atoms with van der Waals surface area (Å²) in [6.07, 6.45) is -0.192. The highest BCUT2D eigenvalue weighted by Crippen LogP contribution is 2.29. The number of pyridine rings is 1. The van der Waals surface area contributed by atoms with Crippen molar-refractivity contribution in [3.63, 3.8) is 0 Å². The van der Waals surface area contributed by atoms with Crippen LogP contribution in [0.5, 0.6) is 0 Å². The van der Waals surface area contributed by atoms with Crippen LogP contribution in [0.2, 0.25) is 5.02 Å². The first-order chi connectivity index (χ1) is 15.3. The van der Waals surface area contributed by atoms with Crippen LogP contribution >= 0.6 is 11.6 Å². The average Bonchev–Trinajstić information content (AvgIpc) is 3.32. The van der Waals surface area contributed by atoms with E-state index in [0.29, 0.717) is 18.4 Å². The predicted octanol–water partition coefficient (Wildman–Crippen LogP) is 4.55. The first kappa shape index (κ1) is 22.3. The monoisotopic (exact) mass is 463 g/mol. The van der Waals surface area contributed by atoms with Gasteiger partial charge < -0.3 is 5.32 Å². The standard InChI is InChI=1S/C22H21ClF3N5O/c23-20-17(27-14-18(30-10-4-5-11-30)15-6-2-1-3-7-15)13-29-31(21(20)32)19-9-8-16(12-28-19)22(24,25)26/h1-3,6-9,12-13,18,27H,4-5,10-11,14H2. The molecule has 168 valence electrons. The van der Waals surface area contributed by atoms with Crippen LogP contribution in [-0.2, 0) is 6.18 Å². The number of likely N-dealkylation sites (tertiary alicyclic amines) is 1. The van der Waals surface area contributed by atoms with Gasteiger partial charge in [0, 0.05) is 12.7 Å². The van der Waals surface area contributed by atoms with Crippen LogP contribution in [0.3, 0.4) is 0 Å². The highest BCUT2D eigenvalue weighted by Gasteiger charge is 2.31. The van der Waals surface area contributed by atoms with Gasteiger partial charge in [-0.2, -0.15) is 23.0 Å². The van der Waals surface area contributed by atoms with Crippen LogP contribution in [0, 0.1) is 0 Å². The molecule has 1 aromatic carbocycles. The molecule has 0 bridgehead atoms. The van der Waals surface area contributed by atoms with E-state index in [-0.39, 0.29) is 16.9 Å². The van der Waals surface area contributed by atoms with Crippen LogP contribution in [0.4, 0.5) is 18.9 Å². The van der Waals surface area contributed by atoms with Gasteiger partial charge in [-0.05, 0) is 43.6 Å². The second-order valence-corrected chi connectivity index (χ2v) is 7.92. The molecule has 1 unspecified atom stereocenters. The van der Waals surface area contributed by atoms with Crippen molar-refractivity contribution in [3.05, 3.63) is 81.4 Å². The maximum atomic E-state index is 12.7. The first-order valence-electron chi connectivity index (χ1n) is 10.2. The predicted molar refractivity (Wildman–Crippen MR) is 116 cm³/mol. The minimum atomic E-state index is -4.51. The molecule has 0 saturated carbocycles. The van der Waals surface area contributed by atoms with Crippen LogP contribution in [0.15, 0.2) is 59.7 Å². The summed E-state index contributed by atoms with van der Waals surface area (Å²) < 4.78 is 39.1. The van der Waals surface area contributed by atoms with Crippen molar-refractivity contribution >= 4 is 17.3 Å². The van der Waals surface area contributed by atoms with E-state index in [1.165, 1.54) is 6.20 Å². The lowest BCUT2D eigenvalue weighted by molar-refractivity contribution is -0.137. The second kappa shape index (κ2) is 9.30. The number of nitrogens with one attached hydrogen (secondary N) is 1. The number of alkyl halides is 3. The smallest absolute Gasteiger partial charge is 0.380 e. The molecule has 1 atom stereocenters. The number of halogens is 4. The molecule has 1 N–H and O–H groups in total. The summed E-state index contributed by atoms with van der Waals surface area (Å²) in [5.74, 6) is -0.0457. The SMILES string of the molecule is O=c1c(Cl)c(NCC(c2ccccc2)N2CCCC2)cnn1-c1ccc(C(F)(F)F)cn1. The fourth-order valence-electron chi connectivity index (χ4n) is 3.79. The lowest BCUT2D eigenvalue weighted by Crippen LogP contribution is -2.31. The Bertz CT molecular complexity index is 1110. The molecule has 0 amide bonds. The molecule has 0 radical (unpaired) electrons. The number of hydrogen-bond acceptors (Lipinski definition) is 5. The molecular weight excluding hydrogens is 443 g/mol. The first-order valence-corrected chi connectivity index (χ1v) is 10.6. The van der Waals surface area contributed by atoms with Crippen molar-refractivity contribution in [2.24, 2.45) is 0 Å². The minimum Gasteiger partial charge on any atom is -0.380 e. The van der Waals surface area contributed by atoms with Gasteiger partial charge in [-0.25, -0.2) is 4.98 Å². The fraction of sp³-hybridized carbons (Fsp3) is 0.318. The van der Waals surface area contributed by atoms with Crippen molar-refractivity contribution < 1.29 is 13.2 Å². The quantitative estimate of drug-likeness (QED) is 0.581. The molecule has 0 spiro atoms. The lowest BCUT2D eigenvalue weighted by atomic mass is 10.1. The molecule has 1 saturated heterocycles. The average molecular weight is 464 g/mol. The molecule has 1 aliphatic heterocycles. The second-order valence-electron chi connectivity index (χ2n) is 7.54. The van der Waals surface area contributed by atoms with Gasteiger partial charge in [-0.1, -0.05) is 41.9 Å². The van der Waals surface area contributed by atoms with E-state index in [4.69, 9.17) is 11.6 Å². The van der Waals surface area contributed by atoms with Crippen molar-refractivity contribution in [2.45, 2.75) is 25.1 Å². The van der Waals surface area contributed by atoms with Gasteiger partial charge in [-0.15, -0.1) is 0 Å². The molecule has 1 fully saturated rings. The Labute approximate surface area is 187 Å². The number of rotatable bonds is 6. The summed E-state index contributed by atoms with van der Waals surface area (Å²) in [6.45, 7) is 2.51. The number of hydrogen-bond donors (Lipinski definition) is 1. The van der Waals surface area contributed by atoms with Gasteiger partial charge in [-0.3, -0.25) is 9.69 Å². The van der Waals surface area contributed by atoms with Gasteiger partial charge in [0.2, 0.25) is 0 Å². The van der Waals surface area contributed by atoms with E-state index in [9.17, 15) is 18.0 Å². The highest BCUT2D eigenvalue weighted by atomic mass is 35.5. The van der Waals surface area contributed by atoms with Crippen molar-refractivity contribution in [3.8, 4) is 5.82 Å². The Morgan fingerprint density at radius 2 is 1.78 bits per heavy atom. The maximum absolute atomic E-state index is 12.7. The molecule has 2 aromatic heterocycles. The Kier molecular flexibility index (Phi) is 6.48. The summed E-state index contributed by atoms with van der Waals surface area (Å²) in [7, 11) is 0. The van der Waals surface area contributed by atoms with Crippen molar-refractivity contribution in [1.29, 1.82) is 0 Å². The lowest BCUT2D eigenvalue weighted by Gasteiger charge is -2.28. The maximum Gasteiger partial charge on any atom is 0.417 e. The third-order valence-electron chi connectivity index (χ3n) is 5.46.